The normalized spacial score (nSPS) is 10.3. The Bertz CT molecular complexity index is 430. The molecular weight excluding hydrogens is 258 g/mol. The molecule has 6 heteroatoms. The highest BCUT2D eigenvalue weighted by Gasteiger charge is 2.16. The molecule has 0 spiro atoms. The predicted molar refractivity (Wildman–Crippen MR) is 80.2 cm³/mol. The van der Waals surface area contributed by atoms with E-state index in [2.05, 4.69) is 5.32 Å². The van der Waals surface area contributed by atoms with E-state index in [0.29, 0.717) is 37.6 Å². The van der Waals surface area contributed by atoms with Crippen LogP contribution in [0, 0.1) is 0 Å². The SMILES string of the molecule is CNC(=O)c1ccc(N)cc1N(CCOC)CCOC. The van der Waals surface area contributed by atoms with Crippen molar-refractivity contribution in [3.05, 3.63) is 23.8 Å². The number of nitrogens with one attached hydrogen (secondary N) is 1. The standard InChI is InChI=1S/C14H23N3O3/c1-16-14(18)12-5-4-11(15)10-13(12)17(6-8-19-2)7-9-20-3/h4-5,10H,6-9,15H2,1-3H3,(H,16,18). The van der Waals surface area contributed by atoms with Gasteiger partial charge in [0.15, 0.2) is 0 Å². The topological polar surface area (TPSA) is 76.8 Å². The van der Waals surface area contributed by atoms with Gasteiger partial charge >= 0.3 is 0 Å². The summed E-state index contributed by atoms with van der Waals surface area (Å²) >= 11 is 0. The zero-order chi connectivity index (χ0) is 15.0. The molecule has 20 heavy (non-hydrogen) atoms. The number of nitrogen functional groups attached to an aromatic ring is 1. The molecule has 0 heterocycles. The van der Waals surface area contributed by atoms with E-state index in [1.54, 1.807) is 39.5 Å². The van der Waals surface area contributed by atoms with Gasteiger partial charge in [-0.3, -0.25) is 4.79 Å². The fraction of sp³-hybridized carbons (Fsp3) is 0.500. The van der Waals surface area contributed by atoms with Crippen LogP contribution in [0.1, 0.15) is 10.4 Å². The number of ether oxygens (including phenoxy) is 2. The lowest BCUT2D eigenvalue weighted by molar-refractivity contribution is 0.0963. The molecule has 0 radical (unpaired) electrons. The molecule has 0 fully saturated rings. The Morgan fingerprint density at radius 3 is 2.35 bits per heavy atom. The number of methoxy groups -OCH3 is 2. The minimum absolute atomic E-state index is 0.139. The first-order valence-electron chi connectivity index (χ1n) is 6.48. The number of hydrogen-bond acceptors (Lipinski definition) is 5. The molecule has 0 aliphatic carbocycles. The molecule has 0 aromatic heterocycles. The molecule has 1 aromatic carbocycles. The number of benzene rings is 1. The Hall–Kier alpha value is -1.79. The molecule has 1 rings (SSSR count). The minimum atomic E-state index is -0.139. The summed E-state index contributed by atoms with van der Waals surface area (Å²) in [5.41, 5.74) is 7.84. The first-order valence-corrected chi connectivity index (χ1v) is 6.48. The molecule has 1 aromatic rings. The van der Waals surface area contributed by atoms with E-state index in [-0.39, 0.29) is 5.91 Å². The molecule has 0 atom stereocenters. The number of nitrogens with two attached hydrogens (primary N) is 1. The maximum Gasteiger partial charge on any atom is 0.253 e. The highest BCUT2D eigenvalue weighted by molar-refractivity contribution is 6.00. The molecule has 0 saturated heterocycles. The molecular formula is C14H23N3O3. The first kappa shape index (κ1) is 16.3. The average Bonchev–Trinajstić information content (AvgIpc) is 2.46. The lowest BCUT2D eigenvalue weighted by Gasteiger charge is -2.26. The molecule has 3 N–H and O–H groups in total. The van der Waals surface area contributed by atoms with Crippen LogP contribution in [0.3, 0.4) is 0 Å². The fourth-order valence-electron chi connectivity index (χ4n) is 1.89. The third-order valence-corrected chi connectivity index (χ3v) is 2.96. The van der Waals surface area contributed by atoms with Crippen LogP contribution >= 0.6 is 0 Å². The second-order valence-electron chi connectivity index (χ2n) is 4.33. The van der Waals surface area contributed by atoms with E-state index in [4.69, 9.17) is 15.2 Å². The summed E-state index contributed by atoms with van der Waals surface area (Å²) in [6.07, 6.45) is 0. The summed E-state index contributed by atoms with van der Waals surface area (Å²) in [6, 6.07) is 5.25. The average molecular weight is 281 g/mol. The monoisotopic (exact) mass is 281 g/mol. The van der Waals surface area contributed by atoms with Gasteiger partial charge in [-0.2, -0.15) is 0 Å². The summed E-state index contributed by atoms with van der Waals surface area (Å²) in [5.74, 6) is -0.139. The van der Waals surface area contributed by atoms with Crippen LogP contribution in [-0.2, 0) is 9.47 Å². The van der Waals surface area contributed by atoms with E-state index in [1.165, 1.54) is 0 Å². The van der Waals surface area contributed by atoms with Gasteiger partial charge in [0.05, 0.1) is 24.5 Å². The van der Waals surface area contributed by atoms with Crippen LogP contribution in [0.15, 0.2) is 18.2 Å². The van der Waals surface area contributed by atoms with Crippen molar-refractivity contribution in [1.29, 1.82) is 0 Å². The van der Waals surface area contributed by atoms with E-state index in [1.807, 2.05) is 4.90 Å². The van der Waals surface area contributed by atoms with Crippen molar-refractivity contribution < 1.29 is 14.3 Å². The van der Waals surface area contributed by atoms with Gasteiger partial charge in [-0.1, -0.05) is 0 Å². The van der Waals surface area contributed by atoms with Crippen molar-refractivity contribution in [2.24, 2.45) is 0 Å². The van der Waals surface area contributed by atoms with Gasteiger partial charge < -0.3 is 25.4 Å². The van der Waals surface area contributed by atoms with E-state index < -0.39 is 0 Å². The zero-order valence-electron chi connectivity index (χ0n) is 12.3. The Balaban J connectivity index is 3.07. The number of nitrogens with zero attached hydrogens (tertiary/aromatic N) is 1. The summed E-state index contributed by atoms with van der Waals surface area (Å²) in [4.78, 5) is 14.0. The molecule has 6 nitrogen and oxygen atoms in total. The number of carbonyl (C=O) groups excluding carboxylic acids is 1. The second kappa shape index (κ2) is 8.39. The molecule has 0 saturated carbocycles. The predicted octanol–water partition coefficient (Wildman–Crippen LogP) is 0.728. The van der Waals surface area contributed by atoms with Crippen LogP contribution in [0.2, 0.25) is 0 Å². The Morgan fingerprint density at radius 1 is 1.25 bits per heavy atom. The Morgan fingerprint density at radius 2 is 1.85 bits per heavy atom. The first-order chi connectivity index (χ1) is 9.63. The van der Waals surface area contributed by atoms with E-state index >= 15 is 0 Å². The van der Waals surface area contributed by atoms with Crippen molar-refractivity contribution >= 4 is 17.3 Å². The molecule has 1 amide bonds. The molecule has 0 aliphatic heterocycles. The zero-order valence-corrected chi connectivity index (χ0v) is 12.3. The van der Waals surface area contributed by atoms with E-state index in [9.17, 15) is 4.79 Å². The lowest BCUT2D eigenvalue weighted by Crippen LogP contribution is -2.33. The maximum absolute atomic E-state index is 12.0. The largest absolute Gasteiger partial charge is 0.399 e. The van der Waals surface area contributed by atoms with Gasteiger partial charge in [0.2, 0.25) is 0 Å². The van der Waals surface area contributed by atoms with Crippen LogP contribution in [0.4, 0.5) is 11.4 Å². The van der Waals surface area contributed by atoms with Gasteiger partial charge in [-0.25, -0.2) is 0 Å². The smallest absolute Gasteiger partial charge is 0.253 e. The number of carbonyl (C=O) groups is 1. The minimum Gasteiger partial charge on any atom is -0.399 e. The summed E-state index contributed by atoms with van der Waals surface area (Å²) in [7, 11) is 4.90. The van der Waals surface area contributed by atoms with Crippen molar-refractivity contribution in [3.8, 4) is 0 Å². The summed E-state index contributed by atoms with van der Waals surface area (Å²) < 4.78 is 10.2. The van der Waals surface area contributed by atoms with Crippen molar-refractivity contribution in [2.75, 3.05) is 58.2 Å². The highest BCUT2D eigenvalue weighted by Crippen LogP contribution is 2.23. The summed E-state index contributed by atoms with van der Waals surface area (Å²) in [5, 5.41) is 2.64. The molecule has 112 valence electrons. The lowest BCUT2D eigenvalue weighted by atomic mass is 10.1. The number of hydrogen-bond donors (Lipinski definition) is 2. The summed E-state index contributed by atoms with van der Waals surface area (Å²) in [6.45, 7) is 2.44. The third kappa shape index (κ3) is 4.40. The maximum atomic E-state index is 12.0. The number of amides is 1. The molecule has 0 bridgehead atoms. The van der Waals surface area contributed by atoms with Crippen molar-refractivity contribution in [3.63, 3.8) is 0 Å². The van der Waals surface area contributed by atoms with Crippen LogP contribution in [0.5, 0.6) is 0 Å². The second-order valence-corrected chi connectivity index (χ2v) is 4.33. The molecule has 0 unspecified atom stereocenters. The fourth-order valence-corrected chi connectivity index (χ4v) is 1.89. The van der Waals surface area contributed by atoms with Gasteiger partial charge in [-0.05, 0) is 18.2 Å². The number of rotatable bonds is 8. The van der Waals surface area contributed by atoms with Crippen LogP contribution in [0.25, 0.3) is 0 Å². The van der Waals surface area contributed by atoms with Crippen molar-refractivity contribution in [2.45, 2.75) is 0 Å². The quantitative estimate of drug-likeness (QED) is 0.687. The van der Waals surface area contributed by atoms with Gasteiger partial charge in [0.25, 0.3) is 5.91 Å². The van der Waals surface area contributed by atoms with Crippen LogP contribution in [-0.4, -0.2) is 53.5 Å². The van der Waals surface area contributed by atoms with Crippen LogP contribution < -0.4 is 16.0 Å². The Kier molecular flexibility index (Phi) is 6.83. The van der Waals surface area contributed by atoms with Crippen molar-refractivity contribution in [1.82, 2.24) is 5.32 Å². The van der Waals surface area contributed by atoms with Gasteiger partial charge in [-0.15, -0.1) is 0 Å². The highest BCUT2D eigenvalue weighted by atomic mass is 16.5. The molecule has 0 aliphatic rings. The number of anilines is 2. The van der Waals surface area contributed by atoms with Gasteiger partial charge in [0.1, 0.15) is 0 Å². The van der Waals surface area contributed by atoms with E-state index in [0.717, 1.165) is 5.69 Å². The Labute approximate surface area is 119 Å². The van der Waals surface area contributed by atoms with Gasteiger partial charge in [0, 0.05) is 40.0 Å². The third-order valence-electron chi connectivity index (χ3n) is 2.96.